The van der Waals surface area contributed by atoms with Gasteiger partial charge in [0.25, 0.3) is 0 Å². The SMILES string of the molecule is C[N+](C)(c1ccccc1)C(c1ccccc1)c1ccccc1.Fc1c(F)c(F)c([B-](c2c(F)c(F)c(F)c(F)c2F)(c2c(F)c(F)c(F)c(F)c2F)c2c(F)c(F)c(F)c(F)c2F)c(F)c1F. The molecule has 7 rings (SSSR count). The molecule has 0 radical (unpaired) electrons. The van der Waals surface area contributed by atoms with Crippen molar-refractivity contribution in [3.63, 3.8) is 0 Å². The predicted octanol–water partition coefficient (Wildman–Crippen LogP) is 10.9. The van der Waals surface area contributed by atoms with Crippen LogP contribution in [0.4, 0.5) is 93.5 Å². The third-order valence-electron chi connectivity index (χ3n) is 11.0. The maximum atomic E-state index is 15.4. The molecule has 0 spiro atoms. The standard InChI is InChI=1S/C24BF20.C21H22N/c26-5-1(6(27)14(35)21(42)13(5)34)25(2-7(28)15(36)22(43)16(37)8(2)29,3-9(30)17(38)23(44)18(39)10(3)31)4-11(32)19(40)24(45)20(41)12(4)33;1-22(2,20-16-10-5-11-17-20)21(18-12-6-3-7-13-18)19-14-8-4-9-15-19/h;3-17,21H,1-2H3/q-1;+1. The molecule has 0 aromatic heterocycles. The molecule has 0 saturated heterocycles. The van der Waals surface area contributed by atoms with E-state index in [-0.39, 0.29) is 6.04 Å². The second kappa shape index (κ2) is 18.4. The van der Waals surface area contributed by atoms with Crippen LogP contribution in [-0.2, 0) is 0 Å². The quantitative estimate of drug-likeness (QED) is 0.0468. The highest BCUT2D eigenvalue weighted by atomic mass is 19.2. The first-order valence-corrected chi connectivity index (χ1v) is 18.6. The fourth-order valence-electron chi connectivity index (χ4n) is 8.04. The van der Waals surface area contributed by atoms with Gasteiger partial charge in [-0.25, -0.2) is 87.8 Å². The molecule has 0 heterocycles. The zero-order valence-corrected chi connectivity index (χ0v) is 33.3. The number of hydrogen-bond acceptors (Lipinski definition) is 0. The van der Waals surface area contributed by atoms with E-state index in [1.807, 2.05) is 0 Å². The Balaban J connectivity index is 0.000000279. The summed E-state index contributed by atoms with van der Waals surface area (Å²) < 4.78 is 295. The summed E-state index contributed by atoms with van der Waals surface area (Å²) >= 11 is 0. The van der Waals surface area contributed by atoms with E-state index in [9.17, 15) is 52.7 Å². The first kappa shape index (κ1) is 49.6. The Bertz CT molecular complexity index is 2620. The number of hydrogen-bond donors (Lipinski definition) is 0. The summed E-state index contributed by atoms with van der Waals surface area (Å²) in [5.41, 5.74) is -10.4. The van der Waals surface area contributed by atoms with Crippen molar-refractivity contribution >= 4 is 33.7 Å². The number of halogens is 20. The molecular formula is C45H22BF20N. The van der Waals surface area contributed by atoms with E-state index in [2.05, 4.69) is 105 Å². The second-order valence-electron chi connectivity index (χ2n) is 14.9. The molecule has 0 atom stereocenters. The molecule has 7 aromatic rings. The zero-order chi connectivity index (χ0) is 49.8. The molecule has 0 amide bonds. The van der Waals surface area contributed by atoms with E-state index < -0.39 is 144 Å². The highest BCUT2D eigenvalue weighted by Gasteiger charge is 2.52. The van der Waals surface area contributed by atoms with Crippen LogP contribution in [0.3, 0.4) is 0 Å². The Morgan fingerprint density at radius 2 is 0.448 bits per heavy atom. The van der Waals surface area contributed by atoms with Crippen LogP contribution in [-0.4, -0.2) is 20.2 Å². The van der Waals surface area contributed by atoms with E-state index in [1.54, 1.807) is 0 Å². The van der Waals surface area contributed by atoms with E-state index >= 15 is 35.1 Å². The molecule has 0 fully saturated rings. The number of quaternary nitrogens is 1. The first-order chi connectivity index (χ1) is 31.4. The van der Waals surface area contributed by atoms with E-state index in [0.717, 1.165) is 4.48 Å². The third-order valence-corrected chi connectivity index (χ3v) is 11.0. The van der Waals surface area contributed by atoms with E-state index in [0.29, 0.717) is 0 Å². The minimum atomic E-state index is -7.22. The Morgan fingerprint density at radius 3 is 0.657 bits per heavy atom. The van der Waals surface area contributed by atoms with Crippen molar-refractivity contribution in [2.75, 3.05) is 14.1 Å². The predicted molar refractivity (Wildman–Crippen MR) is 204 cm³/mol. The van der Waals surface area contributed by atoms with Crippen molar-refractivity contribution in [1.29, 1.82) is 0 Å². The normalized spacial score (nSPS) is 11.9. The van der Waals surface area contributed by atoms with Gasteiger partial charge in [0.05, 0.1) is 14.1 Å². The van der Waals surface area contributed by atoms with Crippen LogP contribution >= 0.6 is 0 Å². The molecule has 0 aliphatic rings. The molecule has 350 valence electrons. The van der Waals surface area contributed by atoms with Gasteiger partial charge in [0, 0.05) is 11.1 Å². The Morgan fingerprint density at radius 1 is 0.269 bits per heavy atom. The van der Waals surface area contributed by atoms with Crippen LogP contribution < -0.4 is 26.3 Å². The smallest absolute Gasteiger partial charge is 0.200 e. The lowest BCUT2D eigenvalue weighted by molar-refractivity contribution is 0.336. The van der Waals surface area contributed by atoms with Crippen LogP contribution in [0.25, 0.3) is 0 Å². The second-order valence-corrected chi connectivity index (χ2v) is 14.9. The Hall–Kier alpha value is -6.84. The summed E-state index contributed by atoms with van der Waals surface area (Å²) in [5.74, 6) is -71.4. The highest BCUT2D eigenvalue weighted by molar-refractivity contribution is 7.20. The van der Waals surface area contributed by atoms with Crippen LogP contribution in [0.5, 0.6) is 0 Å². The molecule has 22 heteroatoms. The van der Waals surface area contributed by atoms with Gasteiger partial charge in [0.15, 0.2) is 69.8 Å². The Kier molecular flexibility index (Phi) is 13.7. The molecular weight excluding hydrogens is 945 g/mol. The molecule has 0 N–H and O–H groups in total. The van der Waals surface area contributed by atoms with Gasteiger partial charge in [-0.05, 0) is 12.1 Å². The van der Waals surface area contributed by atoms with Gasteiger partial charge in [-0.1, -0.05) is 78.9 Å². The summed E-state index contributed by atoms with van der Waals surface area (Å²) in [4.78, 5) is 0. The average Bonchev–Trinajstić information content (AvgIpc) is 3.32. The average molecular weight is 967 g/mol. The van der Waals surface area contributed by atoms with Crippen molar-refractivity contribution in [1.82, 2.24) is 4.48 Å². The number of nitrogens with zero attached hydrogens (tertiary/aromatic N) is 1. The molecule has 0 saturated carbocycles. The summed E-state index contributed by atoms with van der Waals surface area (Å²) in [6.45, 7) is 0. The number of rotatable bonds is 8. The van der Waals surface area contributed by atoms with Gasteiger partial charge in [-0.15, -0.1) is 21.9 Å². The van der Waals surface area contributed by atoms with E-state index in [1.165, 1.54) is 16.8 Å². The number of benzene rings is 7. The van der Waals surface area contributed by atoms with Gasteiger partial charge >= 0.3 is 0 Å². The maximum Gasteiger partial charge on any atom is 0.200 e. The minimum absolute atomic E-state index is 0.268. The summed E-state index contributed by atoms with van der Waals surface area (Å²) in [6.07, 6.45) is -7.22. The van der Waals surface area contributed by atoms with Crippen LogP contribution in [0.2, 0.25) is 0 Å². The topological polar surface area (TPSA) is 0 Å². The van der Waals surface area contributed by atoms with Gasteiger partial charge in [0.2, 0.25) is 0 Å². The van der Waals surface area contributed by atoms with E-state index in [4.69, 9.17) is 0 Å². The van der Waals surface area contributed by atoms with Crippen molar-refractivity contribution in [2.45, 2.75) is 6.04 Å². The lowest BCUT2D eigenvalue weighted by Crippen LogP contribution is -2.81. The van der Waals surface area contributed by atoms with Gasteiger partial charge in [-0.2, -0.15) is 0 Å². The van der Waals surface area contributed by atoms with Crippen molar-refractivity contribution in [3.8, 4) is 0 Å². The molecule has 67 heavy (non-hydrogen) atoms. The van der Waals surface area contributed by atoms with Gasteiger partial charge in [0.1, 0.15) is 64.4 Å². The van der Waals surface area contributed by atoms with Crippen LogP contribution in [0.1, 0.15) is 17.2 Å². The number of para-hydroxylation sites is 1. The molecule has 1 nitrogen and oxygen atoms in total. The molecule has 0 aliphatic carbocycles. The van der Waals surface area contributed by atoms with Crippen LogP contribution in [0.15, 0.2) is 91.0 Å². The molecule has 0 bridgehead atoms. The van der Waals surface area contributed by atoms with Gasteiger partial charge < -0.3 is 0 Å². The summed E-state index contributed by atoms with van der Waals surface area (Å²) in [6, 6.07) is 32.5. The monoisotopic (exact) mass is 967 g/mol. The van der Waals surface area contributed by atoms with Crippen molar-refractivity contribution < 1.29 is 87.8 Å². The van der Waals surface area contributed by atoms with Gasteiger partial charge in [-0.3, -0.25) is 4.48 Å². The fraction of sp³-hybridized carbons (Fsp3) is 0.0667. The third kappa shape index (κ3) is 7.83. The van der Waals surface area contributed by atoms with Crippen molar-refractivity contribution in [3.05, 3.63) is 218 Å². The largest absolute Gasteiger partial charge is 0.286 e. The summed E-state index contributed by atoms with van der Waals surface area (Å²) in [7, 11) is 4.56. The first-order valence-electron chi connectivity index (χ1n) is 18.6. The zero-order valence-electron chi connectivity index (χ0n) is 33.3. The maximum absolute atomic E-state index is 15.4. The molecule has 7 aromatic carbocycles. The lowest BCUT2D eigenvalue weighted by Gasteiger charge is -2.44. The van der Waals surface area contributed by atoms with Crippen LogP contribution in [0, 0.1) is 116 Å². The summed E-state index contributed by atoms with van der Waals surface area (Å²) in [5, 5.41) is 0. The van der Waals surface area contributed by atoms with Crippen molar-refractivity contribution in [2.24, 2.45) is 0 Å². The minimum Gasteiger partial charge on any atom is -0.286 e. The molecule has 0 aliphatic heterocycles. The Labute approximate surface area is 364 Å². The highest BCUT2D eigenvalue weighted by Crippen LogP contribution is 2.37. The fourth-order valence-corrected chi connectivity index (χ4v) is 8.04. The molecule has 0 unspecified atom stereocenters. The lowest BCUT2D eigenvalue weighted by atomic mass is 9.12.